The van der Waals surface area contributed by atoms with Crippen molar-refractivity contribution in [2.45, 2.75) is 13.3 Å². The van der Waals surface area contributed by atoms with Gasteiger partial charge in [0.1, 0.15) is 5.75 Å². The molecule has 0 aliphatic rings. The van der Waals surface area contributed by atoms with Gasteiger partial charge in [0.05, 0.1) is 18.1 Å². The average Bonchev–Trinajstić information content (AvgIpc) is 2.96. The van der Waals surface area contributed by atoms with Gasteiger partial charge in [-0.2, -0.15) is 0 Å². The van der Waals surface area contributed by atoms with E-state index in [9.17, 15) is 0 Å². The van der Waals surface area contributed by atoms with Gasteiger partial charge in [0.2, 0.25) is 0 Å². The van der Waals surface area contributed by atoms with Gasteiger partial charge in [-0.1, -0.05) is 43.3 Å². The maximum atomic E-state index is 5.52. The molecule has 0 unspecified atom stereocenters. The molecule has 0 bridgehead atoms. The molecule has 2 nitrogen and oxygen atoms in total. The van der Waals surface area contributed by atoms with Gasteiger partial charge in [-0.3, -0.25) is 0 Å². The third-order valence-corrected chi connectivity index (χ3v) is 4.45. The van der Waals surface area contributed by atoms with Gasteiger partial charge in [-0.15, -0.1) is 0 Å². The van der Waals surface area contributed by atoms with E-state index in [4.69, 9.17) is 4.74 Å². The molecule has 3 aromatic carbocycles. The third-order valence-electron chi connectivity index (χ3n) is 4.45. The van der Waals surface area contributed by atoms with Gasteiger partial charge >= 0.3 is 0 Å². The molecule has 0 saturated heterocycles. The van der Waals surface area contributed by atoms with Crippen LogP contribution in [0.3, 0.4) is 0 Å². The molecule has 0 aliphatic heterocycles. The molecule has 2 heteroatoms. The maximum Gasteiger partial charge on any atom is 0.119 e. The van der Waals surface area contributed by atoms with E-state index in [-0.39, 0.29) is 0 Å². The second-order valence-electron chi connectivity index (χ2n) is 5.72. The van der Waals surface area contributed by atoms with Gasteiger partial charge < -0.3 is 9.30 Å². The van der Waals surface area contributed by atoms with Gasteiger partial charge in [-0.05, 0) is 42.3 Å². The first-order valence-electron chi connectivity index (χ1n) is 7.99. The molecule has 0 N–H and O–H groups in total. The second kappa shape index (κ2) is 5.47. The zero-order valence-electron chi connectivity index (χ0n) is 13.4. The van der Waals surface area contributed by atoms with Crippen molar-refractivity contribution in [3.05, 3.63) is 72.3 Å². The highest BCUT2D eigenvalue weighted by molar-refractivity contribution is 6.10. The van der Waals surface area contributed by atoms with E-state index in [0.717, 1.165) is 12.2 Å². The van der Waals surface area contributed by atoms with Crippen molar-refractivity contribution < 1.29 is 4.74 Å². The van der Waals surface area contributed by atoms with Crippen LogP contribution in [0.25, 0.3) is 27.5 Å². The highest BCUT2D eigenvalue weighted by Gasteiger charge is 2.15. The summed E-state index contributed by atoms with van der Waals surface area (Å²) >= 11 is 0. The van der Waals surface area contributed by atoms with Crippen molar-refractivity contribution in [2.75, 3.05) is 7.11 Å². The first-order chi connectivity index (χ1) is 11.3. The van der Waals surface area contributed by atoms with E-state index in [1.165, 1.54) is 33.1 Å². The van der Waals surface area contributed by atoms with Gasteiger partial charge in [0.15, 0.2) is 0 Å². The Kier molecular flexibility index (Phi) is 3.30. The largest absolute Gasteiger partial charge is 0.497 e. The first-order valence-corrected chi connectivity index (χ1v) is 7.99. The lowest BCUT2D eigenvalue weighted by Gasteiger charge is -2.11. The molecule has 0 spiro atoms. The van der Waals surface area contributed by atoms with Crippen molar-refractivity contribution in [1.29, 1.82) is 0 Å². The monoisotopic (exact) mass is 301 g/mol. The smallest absolute Gasteiger partial charge is 0.119 e. The van der Waals surface area contributed by atoms with Crippen molar-refractivity contribution in [1.82, 2.24) is 4.57 Å². The first kappa shape index (κ1) is 13.9. The van der Waals surface area contributed by atoms with E-state index in [0.29, 0.717) is 0 Å². The number of aromatic nitrogens is 1. The number of fused-ring (bicyclic) bond motifs is 3. The summed E-state index contributed by atoms with van der Waals surface area (Å²) in [5.74, 6) is 0.922. The Hall–Kier alpha value is -2.74. The molecule has 1 aromatic heterocycles. The number of benzene rings is 3. The summed E-state index contributed by atoms with van der Waals surface area (Å²) in [4.78, 5) is 0. The molecule has 23 heavy (non-hydrogen) atoms. The Labute approximate surface area is 135 Å². The second-order valence-corrected chi connectivity index (χ2v) is 5.72. The van der Waals surface area contributed by atoms with Crippen LogP contribution in [0.15, 0.2) is 66.7 Å². The fourth-order valence-electron chi connectivity index (χ4n) is 3.38. The topological polar surface area (TPSA) is 14.2 Å². The van der Waals surface area contributed by atoms with Crippen molar-refractivity contribution in [3.8, 4) is 11.4 Å². The molecular formula is C21H19NO. The summed E-state index contributed by atoms with van der Waals surface area (Å²) in [6.45, 7) is 2.20. The van der Waals surface area contributed by atoms with E-state index in [2.05, 4.69) is 78.2 Å². The molecular weight excluding hydrogens is 282 g/mol. The molecule has 4 rings (SSSR count). The molecule has 0 aliphatic carbocycles. The SMILES string of the molecule is CCc1cc(OC)cc2c3ccccc3n(-c3ccccc3)c12. The summed E-state index contributed by atoms with van der Waals surface area (Å²) in [5.41, 5.74) is 5.01. The quantitative estimate of drug-likeness (QED) is 0.497. The highest BCUT2D eigenvalue weighted by Crippen LogP contribution is 2.36. The van der Waals surface area contributed by atoms with E-state index in [1.807, 2.05) is 0 Å². The predicted octanol–water partition coefficient (Wildman–Crippen LogP) is 5.35. The molecule has 0 saturated carbocycles. The summed E-state index contributed by atoms with van der Waals surface area (Å²) in [7, 11) is 1.73. The lowest BCUT2D eigenvalue weighted by molar-refractivity contribution is 0.415. The van der Waals surface area contributed by atoms with Gasteiger partial charge in [-0.25, -0.2) is 0 Å². The summed E-state index contributed by atoms with van der Waals surface area (Å²) < 4.78 is 7.88. The lowest BCUT2D eigenvalue weighted by atomic mass is 10.1. The minimum Gasteiger partial charge on any atom is -0.497 e. The fraction of sp³-hybridized carbons (Fsp3) is 0.143. The Morgan fingerprint density at radius 3 is 2.35 bits per heavy atom. The number of methoxy groups -OCH3 is 1. The Balaban J connectivity index is 2.23. The van der Waals surface area contributed by atoms with Crippen LogP contribution in [0.1, 0.15) is 12.5 Å². The predicted molar refractivity (Wildman–Crippen MR) is 96.7 cm³/mol. The molecule has 4 aromatic rings. The standard InChI is InChI=1S/C21H19NO/c1-3-15-13-17(23-2)14-19-18-11-7-8-12-20(18)22(21(15)19)16-9-5-4-6-10-16/h4-14H,3H2,1-2H3. The molecule has 114 valence electrons. The molecule has 0 amide bonds. The minimum atomic E-state index is 0.922. The number of ether oxygens (including phenoxy) is 1. The third kappa shape index (κ3) is 2.10. The lowest BCUT2D eigenvalue weighted by Crippen LogP contribution is -1.97. The Bertz CT molecular complexity index is 983. The fourth-order valence-corrected chi connectivity index (χ4v) is 3.38. The van der Waals surface area contributed by atoms with Crippen LogP contribution in [-0.4, -0.2) is 11.7 Å². The normalized spacial score (nSPS) is 11.2. The maximum absolute atomic E-state index is 5.52. The summed E-state index contributed by atoms with van der Waals surface area (Å²) in [6.07, 6.45) is 0.969. The van der Waals surface area contributed by atoms with Crippen molar-refractivity contribution >= 4 is 21.8 Å². The van der Waals surface area contributed by atoms with Crippen molar-refractivity contribution in [2.24, 2.45) is 0 Å². The van der Waals surface area contributed by atoms with Crippen LogP contribution in [0.2, 0.25) is 0 Å². The Morgan fingerprint density at radius 2 is 1.61 bits per heavy atom. The molecule has 0 radical (unpaired) electrons. The molecule has 1 heterocycles. The van der Waals surface area contributed by atoms with Crippen LogP contribution in [0.4, 0.5) is 0 Å². The number of nitrogens with zero attached hydrogens (tertiary/aromatic N) is 1. The number of rotatable bonds is 3. The number of hydrogen-bond acceptors (Lipinski definition) is 1. The molecule has 0 fully saturated rings. The zero-order valence-corrected chi connectivity index (χ0v) is 13.4. The van der Waals surface area contributed by atoms with E-state index in [1.54, 1.807) is 7.11 Å². The number of hydrogen-bond donors (Lipinski definition) is 0. The van der Waals surface area contributed by atoms with E-state index < -0.39 is 0 Å². The zero-order chi connectivity index (χ0) is 15.8. The van der Waals surface area contributed by atoms with E-state index >= 15 is 0 Å². The van der Waals surface area contributed by atoms with Crippen LogP contribution in [0, 0.1) is 0 Å². The average molecular weight is 301 g/mol. The van der Waals surface area contributed by atoms with Crippen LogP contribution in [-0.2, 0) is 6.42 Å². The number of para-hydroxylation sites is 2. The van der Waals surface area contributed by atoms with Gasteiger partial charge in [0, 0.05) is 16.5 Å². The van der Waals surface area contributed by atoms with Crippen LogP contribution < -0.4 is 4.74 Å². The number of aryl methyl sites for hydroxylation is 1. The molecule has 0 atom stereocenters. The van der Waals surface area contributed by atoms with Gasteiger partial charge in [0.25, 0.3) is 0 Å². The van der Waals surface area contributed by atoms with Crippen LogP contribution >= 0.6 is 0 Å². The summed E-state index contributed by atoms with van der Waals surface area (Å²) in [5, 5.41) is 2.51. The minimum absolute atomic E-state index is 0.922. The Morgan fingerprint density at radius 1 is 0.870 bits per heavy atom. The van der Waals surface area contributed by atoms with Crippen LogP contribution in [0.5, 0.6) is 5.75 Å². The van der Waals surface area contributed by atoms with Crippen molar-refractivity contribution in [3.63, 3.8) is 0 Å². The highest BCUT2D eigenvalue weighted by atomic mass is 16.5. The summed E-state index contributed by atoms with van der Waals surface area (Å²) in [6, 6.07) is 23.4.